The number of benzene rings is 2. The van der Waals surface area contributed by atoms with Gasteiger partial charge >= 0.3 is 6.18 Å². The van der Waals surface area contributed by atoms with Crippen molar-refractivity contribution in [3.63, 3.8) is 0 Å². The molecule has 0 spiro atoms. The lowest BCUT2D eigenvalue weighted by molar-refractivity contribution is -0.137. The standard InChI is InChI=1S/C27H37F3N4O3S/c1-17(2)25(32)23(31)16-24(18-6-4-3-5-7-18)33-26(35)19-8-12-21(13-9-19)34-38(36,37)22-14-10-20(11-15-22)27(28,29)30/h3-7,10-11,14-15,17,19,21,23-25,34H,8-9,12-13,16,31-32H2,1-2H3,(H,33,35)/t19?,21?,23-,24-,25-/m0/s1. The summed E-state index contributed by atoms with van der Waals surface area (Å²) in [4.78, 5) is 13.0. The third kappa shape index (κ3) is 8.02. The zero-order valence-electron chi connectivity index (χ0n) is 21.6. The van der Waals surface area contributed by atoms with Gasteiger partial charge in [0.25, 0.3) is 0 Å². The van der Waals surface area contributed by atoms with Crippen LogP contribution in [0.2, 0.25) is 0 Å². The van der Waals surface area contributed by atoms with Crippen LogP contribution in [0.4, 0.5) is 13.2 Å². The second kappa shape index (κ2) is 12.6. The summed E-state index contributed by atoms with van der Waals surface area (Å²) in [5.74, 6) is -0.213. The van der Waals surface area contributed by atoms with Gasteiger partial charge in [-0.2, -0.15) is 13.2 Å². The monoisotopic (exact) mass is 554 g/mol. The first-order valence-electron chi connectivity index (χ1n) is 12.8. The van der Waals surface area contributed by atoms with E-state index in [1.807, 2.05) is 44.2 Å². The maximum absolute atomic E-state index is 13.2. The third-order valence-electron chi connectivity index (χ3n) is 7.20. The Morgan fingerprint density at radius 1 is 0.974 bits per heavy atom. The Morgan fingerprint density at radius 3 is 2.08 bits per heavy atom. The number of alkyl halides is 3. The number of halogens is 3. The average molecular weight is 555 g/mol. The van der Waals surface area contributed by atoms with Crippen LogP contribution in [-0.2, 0) is 21.0 Å². The average Bonchev–Trinajstić information content (AvgIpc) is 2.88. The van der Waals surface area contributed by atoms with E-state index in [-0.39, 0.29) is 40.8 Å². The van der Waals surface area contributed by atoms with Crippen LogP contribution in [0, 0.1) is 11.8 Å². The number of nitrogens with two attached hydrogens (primary N) is 2. The molecule has 7 nitrogen and oxygen atoms in total. The van der Waals surface area contributed by atoms with E-state index in [4.69, 9.17) is 11.5 Å². The van der Waals surface area contributed by atoms with Gasteiger partial charge in [-0.05, 0) is 67.9 Å². The minimum Gasteiger partial charge on any atom is -0.349 e. The number of nitrogens with one attached hydrogen (secondary N) is 2. The molecule has 0 bridgehead atoms. The first kappa shape index (κ1) is 30.1. The second-order valence-electron chi connectivity index (χ2n) is 10.4. The molecule has 3 atom stereocenters. The van der Waals surface area contributed by atoms with Crippen LogP contribution in [0.25, 0.3) is 0 Å². The first-order valence-corrected chi connectivity index (χ1v) is 14.3. The van der Waals surface area contributed by atoms with Gasteiger partial charge in [-0.25, -0.2) is 13.1 Å². The fourth-order valence-corrected chi connectivity index (χ4v) is 6.07. The third-order valence-corrected chi connectivity index (χ3v) is 8.74. The maximum atomic E-state index is 13.2. The van der Waals surface area contributed by atoms with E-state index in [1.165, 1.54) is 0 Å². The predicted octanol–water partition coefficient (Wildman–Crippen LogP) is 4.10. The van der Waals surface area contributed by atoms with Crippen molar-refractivity contribution in [2.45, 2.75) is 81.2 Å². The van der Waals surface area contributed by atoms with Gasteiger partial charge in [-0.15, -0.1) is 0 Å². The van der Waals surface area contributed by atoms with E-state index in [2.05, 4.69) is 10.0 Å². The maximum Gasteiger partial charge on any atom is 0.416 e. The molecule has 1 amide bonds. The van der Waals surface area contributed by atoms with Gasteiger partial charge in [-0.3, -0.25) is 4.79 Å². The van der Waals surface area contributed by atoms with Gasteiger partial charge < -0.3 is 16.8 Å². The molecule has 11 heteroatoms. The molecule has 6 N–H and O–H groups in total. The van der Waals surface area contributed by atoms with Gasteiger partial charge in [0.05, 0.1) is 16.5 Å². The van der Waals surface area contributed by atoms with Crippen LogP contribution in [-0.4, -0.2) is 32.5 Å². The number of carbonyl (C=O) groups excluding carboxylic acids is 1. The van der Waals surface area contributed by atoms with Crippen molar-refractivity contribution in [3.8, 4) is 0 Å². The van der Waals surface area contributed by atoms with E-state index in [1.54, 1.807) is 0 Å². The van der Waals surface area contributed by atoms with Crippen molar-refractivity contribution in [2.75, 3.05) is 0 Å². The van der Waals surface area contributed by atoms with Crippen molar-refractivity contribution in [3.05, 3.63) is 65.7 Å². The molecule has 0 radical (unpaired) electrons. The van der Waals surface area contributed by atoms with E-state index in [0.29, 0.717) is 32.1 Å². The van der Waals surface area contributed by atoms with Crippen LogP contribution in [0.15, 0.2) is 59.5 Å². The van der Waals surface area contributed by atoms with Crippen molar-refractivity contribution in [1.82, 2.24) is 10.0 Å². The normalized spacial score (nSPS) is 21.1. The Balaban J connectivity index is 1.59. The molecule has 0 saturated heterocycles. The Labute approximate surface area is 222 Å². The molecule has 1 saturated carbocycles. The molecule has 2 aromatic carbocycles. The Bertz CT molecular complexity index is 1150. The highest BCUT2D eigenvalue weighted by atomic mass is 32.2. The molecule has 3 rings (SSSR count). The second-order valence-corrected chi connectivity index (χ2v) is 12.1. The molecular weight excluding hydrogens is 517 g/mol. The summed E-state index contributed by atoms with van der Waals surface area (Å²) in [7, 11) is -3.99. The zero-order chi connectivity index (χ0) is 28.1. The number of rotatable bonds is 10. The molecule has 0 heterocycles. The molecule has 0 aromatic heterocycles. The fourth-order valence-electron chi connectivity index (χ4n) is 4.76. The van der Waals surface area contributed by atoms with Crippen molar-refractivity contribution in [1.29, 1.82) is 0 Å². The van der Waals surface area contributed by atoms with Crippen LogP contribution >= 0.6 is 0 Å². The molecule has 0 unspecified atom stereocenters. The minimum absolute atomic E-state index is 0.117. The topological polar surface area (TPSA) is 127 Å². The Kier molecular flexibility index (Phi) is 9.96. The van der Waals surface area contributed by atoms with Gasteiger partial charge in [0.15, 0.2) is 0 Å². The van der Waals surface area contributed by atoms with Gasteiger partial charge in [-0.1, -0.05) is 44.2 Å². The smallest absolute Gasteiger partial charge is 0.349 e. The van der Waals surface area contributed by atoms with Crippen molar-refractivity contribution < 1.29 is 26.4 Å². The van der Waals surface area contributed by atoms with E-state index >= 15 is 0 Å². The molecule has 0 aliphatic heterocycles. The molecule has 1 fully saturated rings. The predicted molar refractivity (Wildman–Crippen MR) is 140 cm³/mol. The molecular formula is C27H37F3N4O3S. The van der Waals surface area contributed by atoms with Gasteiger partial charge in [0.1, 0.15) is 0 Å². The quantitative estimate of drug-likeness (QED) is 0.352. The van der Waals surface area contributed by atoms with Gasteiger partial charge in [0.2, 0.25) is 15.9 Å². The summed E-state index contributed by atoms with van der Waals surface area (Å²) in [6.07, 6.45) is -2.23. The highest BCUT2D eigenvalue weighted by Crippen LogP contribution is 2.31. The fraction of sp³-hybridized carbons (Fsp3) is 0.519. The lowest BCUT2D eigenvalue weighted by Gasteiger charge is -2.31. The number of hydrogen-bond donors (Lipinski definition) is 4. The van der Waals surface area contributed by atoms with E-state index < -0.39 is 27.8 Å². The first-order chi connectivity index (χ1) is 17.8. The Hall–Kier alpha value is -2.47. The van der Waals surface area contributed by atoms with Crippen LogP contribution < -0.4 is 21.5 Å². The summed E-state index contributed by atoms with van der Waals surface area (Å²) in [5, 5.41) is 3.13. The number of sulfonamides is 1. The summed E-state index contributed by atoms with van der Waals surface area (Å²) >= 11 is 0. The summed E-state index contributed by atoms with van der Waals surface area (Å²) in [6.45, 7) is 4.01. The minimum atomic E-state index is -4.54. The Morgan fingerprint density at radius 2 is 1.55 bits per heavy atom. The van der Waals surface area contributed by atoms with E-state index in [0.717, 1.165) is 29.8 Å². The lowest BCUT2D eigenvalue weighted by atomic mass is 9.85. The molecule has 2 aromatic rings. The highest BCUT2D eigenvalue weighted by molar-refractivity contribution is 7.89. The largest absolute Gasteiger partial charge is 0.416 e. The summed E-state index contributed by atoms with van der Waals surface area (Å²) < 4.78 is 66.3. The number of amides is 1. The number of hydrogen-bond acceptors (Lipinski definition) is 5. The molecule has 1 aliphatic carbocycles. The van der Waals surface area contributed by atoms with Crippen LogP contribution in [0.1, 0.15) is 63.1 Å². The van der Waals surface area contributed by atoms with Crippen molar-refractivity contribution >= 4 is 15.9 Å². The zero-order valence-corrected chi connectivity index (χ0v) is 22.4. The number of carbonyl (C=O) groups is 1. The molecule has 210 valence electrons. The highest BCUT2D eigenvalue weighted by Gasteiger charge is 2.33. The van der Waals surface area contributed by atoms with E-state index in [9.17, 15) is 26.4 Å². The lowest BCUT2D eigenvalue weighted by Crippen LogP contribution is -2.48. The van der Waals surface area contributed by atoms with Gasteiger partial charge in [0, 0.05) is 24.0 Å². The molecule has 1 aliphatic rings. The summed E-state index contributed by atoms with van der Waals surface area (Å²) in [6, 6.07) is 11.7. The van der Waals surface area contributed by atoms with Crippen molar-refractivity contribution in [2.24, 2.45) is 23.3 Å². The summed E-state index contributed by atoms with van der Waals surface area (Å²) in [5.41, 5.74) is 12.6. The SMILES string of the molecule is CC(C)[C@H](N)[C@@H](N)C[C@H](NC(=O)C1CCC(NS(=O)(=O)c2ccc(C(F)(F)F)cc2)CC1)c1ccccc1. The van der Waals surface area contributed by atoms with Crippen LogP contribution in [0.3, 0.4) is 0 Å². The van der Waals surface area contributed by atoms with Crippen LogP contribution in [0.5, 0.6) is 0 Å². The molecule has 38 heavy (non-hydrogen) atoms.